The third-order valence-electron chi connectivity index (χ3n) is 4.13. The summed E-state index contributed by atoms with van der Waals surface area (Å²) in [6, 6.07) is 1.29. The zero-order chi connectivity index (χ0) is 10.1. The molecule has 0 aliphatic heterocycles. The van der Waals surface area contributed by atoms with Crippen LogP contribution in [0.15, 0.2) is 0 Å². The summed E-state index contributed by atoms with van der Waals surface area (Å²) in [4.78, 5) is 2.56. The molecule has 0 aromatic carbocycles. The third kappa shape index (κ3) is 2.48. The van der Waals surface area contributed by atoms with E-state index in [4.69, 9.17) is 5.73 Å². The molecular formula is C12H24N2. The topological polar surface area (TPSA) is 29.3 Å². The van der Waals surface area contributed by atoms with Crippen molar-refractivity contribution in [1.82, 2.24) is 4.90 Å². The summed E-state index contributed by atoms with van der Waals surface area (Å²) in [5, 5.41) is 0. The molecule has 0 bridgehead atoms. The molecule has 0 aromatic heterocycles. The standard InChI is InChI=1S/C12H24N2/c1-9(11-4-5-11)14(2)8-10-3-6-12(13)7-10/h9-12H,3-8,13H2,1-2H3. The summed E-state index contributed by atoms with van der Waals surface area (Å²) in [6.45, 7) is 3.65. The molecule has 0 spiro atoms. The zero-order valence-electron chi connectivity index (χ0n) is 9.58. The van der Waals surface area contributed by atoms with Crippen molar-refractivity contribution in [2.24, 2.45) is 17.6 Å². The molecule has 2 heteroatoms. The maximum absolute atomic E-state index is 5.93. The lowest BCUT2D eigenvalue weighted by molar-refractivity contribution is 0.200. The Morgan fingerprint density at radius 2 is 2.00 bits per heavy atom. The van der Waals surface area contributed by atoms with Crippen LogP contribution in [-0.4, -0.2) is 30.6 Å². The fourth-order valence-corrected chi connectivity index (χ4v) is 2.79. The van der Waals surface area contributed by atoms with E-state index in [1.165, 1.54) is 38.6 Å². The van der Waals surface area contributed by atoms with Crippen molar-refractivity contribution in [1.29, 1.82) is 0 Å². The molecule has 2 nitrogen and oxygen atoms in total. The van der Waals surface area contributed by atoms with Crippen LogP contribution in [0.4, 0.5) is 0 Å². The largest absolute Gasteiger partial charge is 0.328 e. The quantitative estimate of drug-likeness (QED) is 0.743. The van der Waals surface area contributed by atoms with E-state index in [-0.39, 0.29) is 0 Å². The smallest absolute Gasteiger partial charge is 0.00922 e. The first-order valence-electron chi connectivity index (χ1n) is 6.12. The van der Waals surface area contributed by atoms with E-state index in [0.29, 0.717) is 6.04 Å². The molecule has 2 aliphatic carbocycles. The molecule has 14 heavy (non-hydrogen) atoms. The number of hydrogen-bond donors (Lipinski definition) is 1. The monoisotopic (exact) mass is 196 g/mol. The summed E-state index contributed by atoms with van der Waals surface area (Å²) < 4.78 is 0. The molecule has 0 heterocycles. The maximum atomic E-state index is 5.93. The minimum atomic E-state index is 0.490. The molecule has 0 radical (unpaired) electrons. The van der Waals surface area contributed by atoms with Crippen molar-refractivity contribution in [2.75, 3.05) is 13.6 Å². The Kier molecular flexibility index (Phi) is 3.13. The zero-order valence-corrected chi connectivity index (χ0v) is 9.58. The number of hydrogen-bond acceptors (Lipinski definition) is 2. The van der Waals surface area contributed by atoms with Gasteiger partial charge < -0.3 is 10.6 Å². The van der Waals surface area contributed by atoms with E-state index in [2.05, 4.69) is 18.9 Å². The van der Waals surface area contributed by atoms with Gasteiger partial charge in [0.1, 0.15) is 0 Å². The molecule has 0 amide bonds. The highest BCUT2D eigenvalue weighted by Gasteiger charge is 2.32. The van der Waals surface area contributed by atoms with Gasteiger partial charge in [-0.2, -0.15) is 0 Å². The SMILES string of the molecule is CC(C1CC1)N(C)CC1CCC(N)C1. The van der Waals surface area contributed by atoms with Gasteiger partial charge in [0.05, 0.1) is 0 Å². The van der Waals surface area contributed by atoms with Gasteiger partial charge in [-0.15, -0.1) is 0 Å². The van der Waals surface area contributed by atoms with Crippen LogP contribution < -0.4 is 5.73 Å². The van der Waals surface area contributed by atoms with Crippen LogP contribution in [0.2, 0.25) is 0 Å². The van der Waals surface area contributed by atoms with E-state index in [9.17, 15) is 0 Å². The molecule has 2 fully saturated rings. The van der Waals surface area contributed by atoms with Gasteiger partial charge in [0.15, 0.2) is 0 Å². The Bertz CT molecular complexity index is 189. The molecule has 2 saturated carbocycles. The van der Waals surface area contributed by atoms with Gasteiger partial charge >= 0.3 is 0 Å². The van der Waals surface area contributed by atoms with Crippen LogP contribution in [0.1, 0.15) is 39.0 Å². The fourth-order valence-electron chi connectivity index (χ4n) is 2.79. The van der Waals surface area contributed by atoms with Crippen molar-refractivity contribution >= 4 is 0 Å². The molecular weight excluding hydrogens is 172 g/mol. The first kappa shape index (κ1) is 10.4. The Morgan fingerprint density at radius 1 is 1.29 bits per heavy atom. The molecule has 82 valence electrons. The Balaban J connectivity index is 1.73. The number of nitrogens with two attached hydrogens (primary N) is 1. The highest BCUT2D eigenvalue weighted by molar-refractivity contribution is 4.86. The molecule has 2 rings (SSSR count). The van der Waals surface area contributed by atoms with Gasteiger partial charge in [-0.3, -0.25) is 0 Å². The van der Waals surface area contributed by atoms with E-state index < -0.39 is 0 Å². The van der Waals surface area contributed by atoms with Gasteiger partial charge in [0.2, 0.25) is 0 Å². The van der Waals surface area contributed by atoms with E-state index in [1.54, 1.807) is 0 Å². The van der Waals surface area contributed by atoms with Crippen LogP contribution in [0.5, 0.6) is 0 Å². The molecule has 2 aliphatic rings. The van der Waals surface area contributed by atoms with Crippen LogP contribution in [0, 0.1) is 11.8 Å². The predicted molar refractivity (Wildman–Crippen MR) is 60.1 cm³/mol. The van der Waals surface area contributed by atoms with Crippen molar-refractivity contribution < 1.29 is 0 Å². The average Bonchev–Trinajstić information content (AvgIpc) is 2.91. The van der Waals surface area contributed by atoms with Gasteiger partial charge in [0.25, 0.3) is 0 Å². The van der Waals surface area contributed by atoms with Crippen molar-refractivity contribution in [2.45, 2.75) is 51.1 Å². The number of nitrogens with zero attached hydrogens (tertiary/aromatic N) is 1. The van der Waals surface area contributed by atoms with E-state index in [1.807, 2.05) is 0 Å². The lowest BCUT2D eigenvalue weighted by Gasteiger charge is -2.27. The van der Waals surface area contributed by atoms with Crippen LogP contribution in [0.25, 0.3) is 0 Å². The van der Waals surface area contributed by atoms with Gasteiger partial charge in [-0.25, -0.2) is 0 Å². The Labute approximate surface area is 87.8 Å². The normalized spacial score (nSPS) is 35.1. The second kappa shape index (κ2) is 4.19. The minimum absolute atomic E-state index is 0.490. The first-order valence-corrected chi connectivity index (χ1v) is 6.12. The van der Waals surface area contributed by atoms with Gasteiger partial charge in [-0.1, -0.05) is 0 Å². The average molecular weight is 196 g/mol. The second-order valence-corrected chi connectivity index (χ2v) is 5.46. The van der Waals surface area contributed by atoms with E-state index >= 15 is 0 Å². The first-order chi connectivity index (χ1) is 6.66. The van der Waals surface area contributed by atoms with Crippen molar-refractivity contribution in [3.05, 3.63) is 0 Å². The Hall–Kier alpha value is -0.0800. The molecule has 0 saturated heterocycles. The molecule has 2 N–H and O–H groups in total. The highest BCUT2D eigenvalue weighted by Crippen LogP contribution is 2.35. The summed E-state index contributed by atoms with van der Waals surface area (Å²) in [5.41, 5.74) is 5.93. The van der Waals surface area contributed by atoms with E-state index in [0.717, 1.165) is 17.9 Å². The molecule has 0 aromatic rings. The van der Waals surface area contributed by atoms with Crippen molar-refractivity contribution in [3.8, 4) is 0 Å². The summed E-state index contributed by atoms with van der Waals surface area (Å²) in [5.74, 6) is 1.87. The maximum Gasteiger partial charge on any atom is 0.00922 e. The van der Waals surface area contributed by atoms with Gasteiger partial charge in [0, 0.05) is 18.6 Å². The van der Waals surface area contributed by atoms with Crippen LogP contribution in [-0.2, 0) is 0 Å². The third-order valence-corrected chi connectivity index (χ3v) is 4.13. The molecule has 3 atom stereocenters. The van der Waals surface area contributed by atoms with Crippen LogP contribution >= 0.6 is 0 Å². The second-order valence-electron chi connectivity index (χ2n) is 5.46. The fraction of sp³-hybridized carbons (Fsp3) is 1.00. The minimum Gasteiger partial charge on any atom is -0.328 e. The summed E-state index contributed by atoms with van der Waals surface area (Å²) in [6.07, 6.45) is 6.76. The lowest BCUT2D eigenvalue weighted by atomic mass is 10.1. The Morgan fingerprint density at radius 3 is 2.50 bits per heavy atom. The summed E-state index contributed by atoms with van der Waals surface area (Å²) >= 11 is 0. The number of rotatable bonds is 4. The van der Waals surface area contributed by atoms with Crippen LogP contribution in [0.3, 0.4) is 0 Å². The van der Waals surface area contributed by atoms with Crippen molar-refractivity contribution in [3.63, 3.8) is 0 Å². The predicted octanol–water partition coefficient (Wildman–Crippen LogP) is 1.84. The summed E-state index contributed by atoms with van der Waals surface area (Å²) in [7, 11) is 2.28. The molecule has 3 unspecified atom stereocenters. The lowest BCUT2D eigenvalue weighted by Crippen LogP contribution is -2.34. The highest BCUT2D eigenvalue weighted by atomic mass is 15.1. The van der Waals surface area contributed by atoms with Gasteiger partial charge in [-0.05, 0) is 57.9 Å².